The maximum atomic E-state index is 12.5. The van der Waals surface area contributed by atoms with Crippen molar-refractivity contribution in [1.82, 2.24) is 4.31 Å². The molecule has 2 rings (SSSR count). The highest BCUT2D eigenvalue weighted by Crippen LogP contribution is 2.35. The summed E-state index contributed by atoms with van der Waals surface area (Å²) in [5, 5.41) is 19.2. The molecule has 8 heteroatoms. The summed E-state index contributed by atoms with van der Waals surface area (Å²) >= 11 is 5.77. The number of aliphatic hydroxyl groups is 1. The van der Waals surface area contributed by atoms with Crippen LogP contribution < -0.4 is 0 Å². The second kappa shape index (κ2) is 5.00. The molecule has 0 unspecified atom stereocenters. The van der Waals surface area contributed by atoms with Crippen LogP contribution in [0.25, 0.3) is 0 Å². The number of aliphatic carboxylic acids is 1. The Labute approximate surface area is 121 Å². The molecule has 0 saturated carbocycles. The summed E-state index contributed by atoms with van der Waals surface area (Å²) in [6.45, 7) is 1.03. The van der Waals surface area contributed by atoms with Gasteiger partial charge in [0.25, 0.3) is 0 Å². The van der Waals surface area contributed by atoms with Crippen LogP contribution in [0.5, 0.6) is 0 Å². The number of aliphatic hydroxyl groups excluding tert-OH is 1. The van der Waals surface area contributed by atoms with Gasteiger partial charge >= 0.3 is 5.97 Å². The first-order valence-electron chi connectivity index (χ1n) is 5.88. The molecule has 1 aromatic carbocycles. The first kappa shape index (κ1) is 15.2. The SMILES string of the molecule is C[C@@]1(C(=O)O)C[C@H](O)CN1S(=O)(=O)c1cccc(Cl)c1. The summed E-state index contributed by atoms with van der Waals surface area (Å²) in [6.07, 6.45) is -1.16. The molecular weight excluding hydrogens is 306 g/mol. The predicted octanol–water partition coefficient (Wildman–Crippen LogP) is 0.939. The van der Waals surface area contributed by atoms with Crippen LogP contribution in [0, 0.1) is 0 Å². The van der Waals surface area contributed by atoms with Crippen LogP contribution in [0.15, 0.2) is 29.2 Å². The molecule has 1 aromatic rings. The monoisotopic (exact) mass is 319 g/mol. The Balaban J connectivity index is 2.51. The fraction of sp³-hybridized carbons (Fsp3) is 0.417. The number of sulfonamides is 1. The number of carbonyl (C=O) groups is 1. The molecule has 0 bridgehead atoms. The summed E-state index contributed by atoms with van der Waals surface area (Å²) in [4.78, 5) is 11.3. The molecule has 1 saturated heterocycles. The lowest BCUT2D eigenvalue weighted by Crippen LogP contribution is -2.50. The van der Waals surface area contributed by atoms with Crippen molar-refractivity contribution in [1.29, 1.82) is 0 Å². The number of benzene rings is 1. The van der Waals surface area contributed by atoms with Crippen molar-refractivity contribution in [3.8, 4) is 0 Å². The zero-order chi connectivity index (χ0) is 15.1. The second-order valence-corrected chi connectivity index (χ2v) is 7.23. The number of carboxylic acids is 1. The van der Waals surface area contributed by atoms with E-state index in [2.05, 4.69) is 0 Å². The van der Waals surface area contributed by atoms with Crippen molar-refractivity contribution in [2.75, 3.05) is 6.54 Å². The molecule has 1 aliphatic heterocycles. The van der Waals surface area contributed by atoms with Crippen molar-refractivity contribution in [3.63, 3.8) is 0 Å². The number of rotatable bonds is 3. The topological polar surface area (TPSA) is 94.9 Å². The Morgan fingerprint density at radius 3 is 2.70 bits per heavy atom. The lowest BCUT2D eigenvalue weighted by atomic mass is 10.0. The van der Waals surface area contributed by atoms with Gasteiger partial charge in [-0.25, -0.2) is 8.42 Å². The number of β-amino-alcohol motifs (C(OH)–C–C–N with tert-alkyl or cyclic N) is 1. The van der Waals surface area contributed by atoms with E-state index in [9.17, 15) is 23.4 Å². The number of halogens is 1. The summed E-state index contributed by atoms with van der Waals surface area (Å²) in [5.41, 5.74) is -1.67. The van der Waals surface area contributed by atoms with Gasteiger partial charge in [-0.2, -0.15) is 4.31 Å². The molecule has 0 amide bonds. The third-order valence-corrected chi connectivity index (χ3v) is 5.62. The van der Waals surface area contributed by atoms with Crippen molar-refractivity contribution in [2.24, 2.45) is 0 Å². The Bertz CT molecular complexity index is 647. The van der Waals surface area contributed by atoms with Gasteiger partial charge in [-0.3, -0.25) is 4.79 Å². The molecule has 6 nitrogen and oxygen atoms in total. The summed E-state index contributed by atoms with van der Waals surface area (Å²) in [6, 6.07) is 5.59. The molecule has 0 spiro atoms. The highest BCUT2D eigenvalue weighted by Gasteiger charge is 2.53. The number of nitrogens with zero attached hydrogens (tertiary/aromatic N) is 1. The maximum Gasteiger partial charge on any atom is 0.324 e. The highest BCUT2D eigenvalue weighted by atomic mass is 35.5. The molecule has 1 heterocycles. The quantitative estimate of drug-likeness (QED) is 0.864. The average Bonchev–Trinajstić information content (AvgIpc) is 2.67. The lowest BCUT2D eigenvalue weighted by Gasteiger charge is -2.29. The van der Waals surface area contributed by atoms with E-state index in [-0.39, 0.29) is 22.9 Å². The summed E-state index contributed by atoms with van der Waals surface area (Å²) in [5.74, 6) is -1.29. The van der Waals surface area contributed by atoms with E-state index >= 15 is 0 Å². The number of hydrogen-bond acceptors (Lipinski definition) is 4. The number of carboxylic acid groups (broad SMARTS) is 1. The summed E-state index contributed by atoms with van der Waals surface area (Å²) in [7, 11) is -4.04. The molecule has 0 aromatic heterocycles. The maximum absolute atomic E-state index is 12.5. The van der Waals surface area contributed by atoms with Gasteiger partial charge in [0.15, 0.2) is 0 Å². The van der Waals surface area contributed by atoms with E-state index < -0.39 is 27.6 Å². The minimum atomic E-state index is -4.04. The van der Waals surface area contributed by atoms with Gasteiger partial charge in [0, 0.05) is 18.0 Å². The van der Waals surface area contributed by atoms with Crippen molar-refractivity contribution < 1.29 is 23.4 Å². The lowest BCUT2D eigenvalue weighted by molar-refractivity contribution is -0.146. The Kier molecular flexibility index (Phi) is 3.81. The molecule has 2 atom stereocenters. The largest absolute Gasteiger partial charge is 0.480 e. The van der Waals surface area contributed by atoms with Gasteiger partial charge in [0.2, 0.25) is 10.0 Å². The van der Waals surface area contributed by atoms with E-state index in [4.69, 9.17) is 11.6 Å². The van der Waals surface area contributed by atoms with Crippen LogP contribution in [0.1, 0.15) is 13.3 Å². The smallest absolute Gasteiger partial charge is 0.324 e. The fourth-order valence-electron chi connectivity index (χ4n) is 2.33. The van der Waals surface area contributed by atoms with E-state index in [0.29, 0.717) is 0 Å². The molecule has 0 aliphatic carbocycles. The minimum absolute atomic E-state index is 0.0911. The van der Waals surface area contributed by atoms with E-state index in [1.54, 1.807) is 0 Å². The predicted molar refractivity (Wildman–Crippen MR) is 72.0 cm³/mol. The normalized spacial score (nSPS) is 27.6. The Morgan fingerprint density at radius 1 is 1.50 bits per heavy atom. The van der Waals surface area contributed by atoms with Gasteiger partial charge in [-0.05, 0) is 25.1 Å². The van der Waals surface area contributed by atoms with Crippen LogP contribution in [0.4, 0.5) is 0 Å². The highest BCUT2D eigenvalue weighted by molar-refractivity contribution is 7.89. The van der Waals surface area contributed by atoms with Crippen molar-refractivity contribution >= 4 is 27.6 Å². The van der Waals surface area contributed by atoms with Crippen molar-refractivity contribution in [3.05, 3.63) is 29.3 Å². The third kappa shape index (κ3) is 2.42. The second-order valence-electron chi connectivity index (χ2n) is 4.93. The minimum Gasteiger partial charge on any atom is -0.480 e. The van der Waals surface area contributed by atoms with Crippen LogP contribution >= 0.6 is 11.6 Å². The fourth-order valence-corrected chi connectivity index (χ4v) is 4.42. The van der Waals surface area contributed by atoms with Gasteiger partial charge < -0.3 is 10.2 Å². The van der Waals surface area contributed by atoms with Crippen LogP contribution in [-0.4, -0.2) is 47.1 Å². The Morgan fingerprint density at radius 2 is 2.15 bits per heavy atom. The standard InChI is InChI=1S/C12H14ClNO5S/c1-12(11(16)17)6-9(15)7-14(12)20(18,19)10-4-2-3-8(13)5-10/h2-5,9,15H,6-7H2,1H3,(H,16,17)/t9-,12-/m0/s1. The van der Waals surface area contributed by atoms with Gasteiger partial charge in [0.1, 0.15) is 5.54 Å². The van der Waals surface area contributed by atoms with Gasteiger partial charge in [0.05, 0.1) is 11.0 Å². The summed E-state index contributed by atoms with van der Waals surface area (Å²) < 4.78 is 25.9. The van der Waals surface area contributed by atoms with E-state index in [1.165, 1.54) is 31.2 Å². The molecule has 2 N–H and O–H groups in total. The Hall–Kier alpha value is -1.15. The molecular formula is C12H14ClNO5S. The molecule has 20 heavy (non-hydrogen) atoms. The zero-order valence-electron chi connectivity index (χ0n) is 10.7. The zero-order valence-corrected chi connectivity index (χ0v) is 12.2. The van der Waals surface area contributed by atoms with Crippen LogP contribution in [-0.2, 0) is 14.8 Å². The third-order valence-electron chi connectivity index (χ3n) is 3.40. The van der Waals surface area contributed by atoms with Crippen LogP contribution in [0.3, 0.4) is 0 Å². The first-order chi connectivity index (χ1) is 9.18. The molecule has 1 aliphatic rings. The molecule has 1 fully saturated rings. The van der Waals surface area contributed by atoms with E-state index in [1.807, 2.05) is 0 Å². The van der Waals surface area contributed by atoms with E-state index in [0.717, 1.165) is 4.31 Å². The van der Waals surface area contributed by atoms with Gasteiger partial charge in [-0.1, -0.05) is 17.7 Å². The molecule has 110 valence electrons. The van der Waals surface area contributed by atoms with Crippen molar-refractivity contribution in [2.45, 2.75) is 29.9 Å². The first-order valence-corrected chi connectivity index (χ1v) is 7.69. The average molecular weight is 320 g/mol. The number of hydrogen-bond donors (Lipinski definition) is 2. The van der Waals surface area contributed by atoms with Gasteiger partial charge in [-0.15, -0.1) is 0 Å². The molecule has 0 radical (unpaired) electrons. The van der Waals surface area contributed by atoms with Crippen LogP contribution in [0.2, 0.25) is 5.02 Å².